The zero-order chi connectivity index (χ0) is 30.2. The first-order chi connectivity index (χ1) is 20.7. The molecule has 0 aliphatic heterocycles. The second-order valence-electron chi connectivity index (χ2n) is 13.1. The van der Waals surface area contributed by atoms with Crippen LogP contribution in [0.15, 0.2) is 60.3 Å². The van der Waals surface area contributed by atoms with Crippen LogP contribution >= 0.6 is 11.6 Å². The molecule has 1 fully saturated rings. The monoisotopic (exact) mass is 598 g/mol. The van der Waals surface area contributed by atoms with E-state index in [4.69, 9.17) is 21.1 Å². The van der Waals surface area contributed by atoms with Crippen LogP contribution in [0.1, 0.15) is 92.7 Å². The van der Waals surface area contributed by atoms with Crippen LogP contribution in [0.4, 0.5) is 5.69 Å². The zero-order valence-electron chi connectivity index (χ0n) is 25.8. The Balaban J connectivity index is 1.23. The number of fused-ring (bicyclic) bond motifs is 3. The molecule has 0 radical (unpaired) electrons. The lowest BCUT2D eigenvalue weighted by molar-refractivity contribution is -0.147. The number of anilines is 1. The average Bonchev–Trinajstić information content (AvgIpc) is 3.30. The Morgan fingerprint density at radius 2 is 1.93 bits per heavy atom. The van der Waals surface area contributed by atoms with E-state index < -0.39 is 5.54 Å². The number of benzene rings is 2. The highest BCUT2D eigenvalue weighted by atomic mass is 35.5. The number of pyridine rings is 1. The molecule has 6 heteroatoms. The van der Waals surface area contributed by atoms with Gasteiger partial charge in [-0.25, -0.2) is 4.79 Å². The molecule has 0 saturated heterocycles. The summed E-state index contributed by atoms with van der Waals surface area (Å²) in [6.07, 6.45) is 11.8. The van der Waals surface area contributed by atoms with Crippen LogP contribution in [-0.4, -0.2) is 30.2 Å². The van der Waals surface area contributed by atoms with Crippen LogP contribution in [0.2, 0.25) is 5.02 Å². The lowest BCUT2D eigenvalue weighted by atomic mass is 9.61. The SMILES string of the molecule is COC(=O)C1(Nc2cccc(Cl)c2)CCC2(CC1)C(C[C@@H](C)COc1ccnc3c1[C@H](C)CCC3)=Cc1c(C)cccc12. The first-order valence-corrected chi connectivity index (χ1v) is 16.2. The van der Waals surface area contributed by atoms with Crippen molar-refractivity contribution in [3.63, 3.8) is 0 Å². The second kappa shape index (κ2) is 12.0. The van der Waals surface area contributed by atoms with Crippen molar-refractivity contribution >= 4 is 29.3 Å². The summed E-state index contributed by atoms with van der Waals surface area (Å²) >= 11 is 6.29. The van der Waals surface area contributed by atoms with Gasteiger partial charge in [-0.1, -0.05) is 61.4 Å². The molecule has 1 heterocycles. The summed E-state index contributed by atoms with van der Waals surface area (Å²) in [7, 11) is 1.48. The molecule has 0 bridgehead atoms. The van der Waals surface area contributed by atoms with Gasteiger partial charge in [0.15, 0.2) is 0 Å². The molecule has 1 aromatic heterocycles. The Bertz CT molecular complexity index is 1540. The molecule has 226 valence electrons. The fraction of sp³-hybridized carbons (Fsp3) is 0.459. The number of hydrogen-bond acceptors (Lipinski definition) is 5. The van der Waals surface area contributed by atoms with Gasteiger partial charge in [-0.05, 0) is 111 Å². The van der Waals surface area contributed by atoms with Crippen LogP contribution in [-0.2, 0) is 21.4 Å². The third kappa shape index (κ3) is 5.57. The summed E-state index contributed by atoms with van der Waals surface area (Å²) < 4.78 is 11.9. The van der Waals surface area contributed by atoms with Gasteiger partial charge in [-0.15, -0.1) is 0 Å². The van der Waals surface area contributed by atoms with Crippen molar-refractivity contribution in [1.29, 1.82) is 0 Å². The van der Waals surface area contributed by atoms with Crippen molar-refractivity contribution in [3.05, 3.63) is 93.3 Å². The number of nitrogens with one attached hydrogen (secondary N) is 1. The van der Waals surface area contributed by atoms with E-state index in [-0.39, 0.29) is 11.4 Å². The molecule has 1 spiro atoms. The van der Waals surface area contributed by atoms with E-state index in [2.05, 4.69) is 55.3 Å². The van der Waals surface area contributed by atoms with Crippen molar-refractivity contribution in [2.24, 2.45) is 5.92 Å². The van der Waals surface area contributed by atoms with Crippen molar-refractivity contribution in [1.82, 2.24) is 4.98 Å². The second-order valence-corrected chi connectivity index (χ2v) is 13.5. The maximum atomic E-state index is 13.3. The predicted octanol–water partition coefficient (Wildman–Crippen LogP) is 8.82. The van der Waals surface area contributed by atoms with E-state index in [1.165, 1.54) is 53.5 Å². The van der Waals surface area contributed by atoms with Gasteiger partial charge in [0, 0.05) is 33.6 Å². The van der Waals surface area contributed by atoms with E-state index in [0.717, 1.165) is 37.1 Å². The van der Waals surface area contributed by atoms with Gasteiger partial charge in [0.05, 0.1) is 13.7 Å². The molecule has 2 atom stereocenters. The summed E-state index contributed by atoms with van der Waals surface area (Å²) in [4.78, 5) is 18.0. The van der Waals surface area contributed by atoms with Crippen LogP contribution < -0.4 is 10.1 Å². The Labute approximate surface area is 261 Å². The molecular formula is C37H43ClN2O3. The minimum atomic E-state index is -0.797. The largest absolute Gasteiger partial charge is 0.493 e. The number of allylic oxidation sites excluding steroid dienone is 1. The summed E-state index contributed by atoms with van der Waals surface area (Å²) in [5.41, 5.74) is 7.95. The van der Waals surface area contributed by atoms with Crippen LogP contribution in [0.25, 0.3) is 6.08 Å². The van der Waals surface area contributed by atoms with E-state index in [0.29, 0.717) is 36.3 Å². The van der Waals surface area contributed by atoms with Gasteiger partial charge in [0.1, 0.15) is 11.3 Å². The molecule has 0 unspecified atom stereocenters. The van der Waals surface area contributed by atoms with Gasteiger partial charge in [0.2, 0.25) is 0 Å². The highest BCUT2D eigenvalue weighted by molar-refractivity contribution is 6.30. The van der Waals surface area contributed by atoms with Gasteiger partial charge < -0.3 is 14.8 Å². The molecule has 6 rings (SSSR count). The van der Waals surface area contributed by atoms with Gasteiger partial charge in [-0.3, -0.25) is 4.98 Å². The first-order valence-electron chi connectivity index (χ1n) is 15.8. The Morgan fingerprint density at radius 3 is 2.70 bits per heavy atom. The smallest absolute Gasteiger partial charge is 0.331 e. The Kier molecular flexibility index (Phi) is 8.30. The average molecular weight is 599 g/mol. The maximum absolute atomic E-state index is 13.3. The lowest BCUT2D eigenvalue weighted by Gasteiger charge is -2.46. The number of halogens is 1. The molecule has 1 saturated carbocycles. The lowest BCUT2D eigenvalue weighted by Crippen LogP contribution is -2.52. The molecule has 43 heavy (non-hydrogen) atoms. The summed E-state index contributed by atoms with van der Waals surface area (Å²) in [6.45, 7) is 7.45. The topological polar surface area (TPSA) is 60.5 Å². The van der Waals surface area contributed by atoms with Crippen molar-refractivity contribution in [3.8, 4) is 5.75 Å². The fourth-order valence-corrected chi connectivity index (χ4v) is 8.07. The van der Waals surface area contributed by atoms with E-state index in [9.17, 15) is 4.79 Å². The minimum Gasteiger partial charge on any atom is -0.493 e. The number of rotatable bonds is 8. The minimum absolute atomic E-state index is 0.104. The molecule has 0 amide bonds. The van der Waals surface area contributed by atoms with Crippen LogP contribution in [0.5, 0.6) is 5.75 Å². The van der Waals surface area contributed by atoms with E-state index in [1.54, 1.807) is 0 Å². The van der Waals surface area contributed by atoms with E-state index >= 15 is 0 Å². The molecule has 3 aromatic rings. The van der Waals surface area contributed by atoms with Crippen molar-refractivity contribution in [2.45, 2.75) is 89.0 Å². The molecule has 2 aromatic carbocycles. The summed E-state index contributed by atoms with van der Waals surface area (Å²) in [5.74, 6) is 1.61. The number of hydrogen-bond donors (Lipinski definition) is 1. The third-order valence-electron chi connectivity index (χ3n) is 10.2. The number of methoxy groups -OCH3 is 1. The Morgan fingerprint density at radius 1 is 1.14 bits per heavy atom. The van der Waals surface area contributed by atoms with Crippen molar-refractivity contribution < 1.29 is 14.3 Å². The number of aromatic nitrogens is 1. The molecule has 3 aliphatic carbocycles. The Hall–Kier alpha value is -3.31. The molecule has 1 N–H and O–H groups in total. The third-order valence-corrected chi connectivity index (χ3v) is 10.4. The predicted molar refractivity (Wildman–Crippen MR) is 174 cm³/mol. The molecule has 5 nitrogen and oxygen atoms in total. The standard InChI is InChI=1S/C37H43ClN2O3/c1-24(23-43-33-14-19-39-32-13-6-9-26(3)34(32)33)20-27-21-30-25(2)8-5-12-31(30)36(27)15-17-37(18-16-36,35(41)42-4)40-29-11-7-10-28(38)22-29/h5,7-8,10-12,14,19,21-22,24,26,40H,6,9,13,15-18,20,23H2,1-4H3/t24-,26-,36?,37?/m1/s1. The van der Waals surface area contributed by atoms with Gasteiger partial charge in [0.25, 0.3) is 0 Å². The van der Waals surface area contributed by atoms with Crippen LogP contribution in [0.3, 0.4) is 0 Å². The maximum Gasteiger partial charge on any atom is 0.331 e. The molecule has 3 aliphatic rings. The van der Waals surface area contributed by atoms with Gasteiger partial charge >= 0.3 is 5.97 Å². The number of carbonyl (C=O) groups excluding carboxylic acids is 1. The number of esters is 1. The number of ether oxygens (including phenoxy) is 2. The number of aryl methyl sites for hydroxylation is 2. The summed E-state index contributed by atoms with van der Waals surface area (Å²) in [6, 6.07) is 16.3. The first kappa shape index (κ1) is 29.7. The van der Waals surface area contributed by atoms with Crippen LogP contribution in [0, 0.1) is 12.8 Å². The van der Waals surface area contributed by atoms with Gasteiger partial charge in [-0.2, -0.15) is 0 Å². The highest BCUT2D eigenvalue weighted by Gasteiger charge is 2.52. The number of nitrogens with zero attached hydrogens (tertiary/aromatic N) is 1. The quantitative estimate of drug-likeness (QED) is 0.262. The summed E-state index contributed by atoms with van der Waals surface area (Å²) in [5, 5.41) is 4.19. The highest BCUT2D eigenvalue weighted by Crippen LogP contribution is 2.55. The van der Waals surface area contributed by atoms with E-state index in [1.807, 2.05) is 36.5 Å². The zero-order valence-corrected chi connectivity index (χ0v) is 26.6. The molecular weight excluding hydrogens is 556 g/mol. The van der Waals surface area contributed by atoms with Crippen molar-refractivity contribution in [2.75, 3.05) is 19.0 Å². The fourth-order valence-electron chi connectivity index (χ4n) is 7.88. The number of carbonyl (C=O) groups is 1. The normalized spacial score (nSPS) is 25.0.